The molecule has 1 N–H and O–H groups in total. The number of halogens is 3. The van der Waals surface area contributed by atoms with Gasteiger partial charge in [-0.25, -0.2) is 0 Å². The molecule has 138 valence electrons. The molecule has 0 atom stereocenters. The van der Waals surface area contributed by atoms with E-state index in [2.05, 4.69) is 6.07 Å². The minimum atomic E-state index is -4.14. The first kappa shape index (κ1) is 18.5. The molecular formula is C20H20F3NO2. The van der Waals surface area contributed by atoms with Crippen LogP contribution in [-0.4, -0.2) is 24.0 Å². The summed E-state index contributed by atoms with van der Waals surface area (Å²) in [6.45, 7) is 0.0199. The van der Waals surface area contributed by atoms with Gasteiger partial charge < -0.3 is 9.84 Å². The van der Waals surface area contributed by atoms with Gasteiger partial charge >= 0.3 is 6.18 Å². The fourth-order valence-electron chi connectivity index (χ4n) is 3.53. The van der Waals surface area contributed by atoms with E-state index in [4.69, 9.17) is 9.84 Å². The van der Waals surface area contributed by atoms with E-state index in [1.165, 1.54) is 0 Å². The maximum absolute atomic E-state index is 12.8. The molecular weight excluding hydrogens is 343 g/mol. The summed E-state index contributed by atoms with van der Waals surface area (Å²) in [5, 5.41) is 20.3. The zero-order valence-corrected chi connectivity index (χ0v) is 14.2. The average molecular weight is 363 g/mol. The molecule has 0 amide bonds. The number of hydrogen-bond donors (Lipinski definition) is 1. The highest BCUT2D eigenvalue weighted by atomic mass is 19.4. The minimum Gasteiger partial charge on any atom is -0.489 e. The first-order valence-electron chi connectivity index (χ1n) is 8.72. The van der Waals surface area contributed by atoms with Gasteiger partial charge in [0.2, 0.25) is 0 Å². The number of ether oxygens (including phenoxy) is 1. The first-order valence-corrected chi connectivity index (χ1v) is 8.72. The van der Waals surface area contributed by atoms with E-state index in [9.17, 15) is 18.4 Å². The normalized spacial score (nSPS) is 20.7. The molecule has 0 spiro atoms. The molecule has 1 aliphatic rings. The van der Waals surface area contributed by atoms with Crippen LogP contribution >= 0.6 is 0 Å². The Hall–Kier alpha value is -2.26. The molecule has 1 saturated carbocycles. The summed E-state index contributed by atoms with van der Waals surface area (Å²) in [7, 11) is 0. The van der Waals surface area contributed by atoms with Crippen LogP contribution in [-0.2, 0) is 6.42 Å². The van der Waals surface area contributed by atoms with Crippen molar-refractivity contribution >= 4 is 10.8 Å². The van der Waals surface area contributed by atoms with Crippen molar-refractivity contribution in [1.82, 2.24) is 0 Å². The summed E-state index contributed by atoms with van der Waals surface area (Å²) in [5.41, 5.74) is 1.31. The van der Waals surface area contributed by atoms with E-state index in [0.717, 1.165) is 16.3 Å². The Morgan fingerprint density at radius 2 is 1.81 bits per heavy atom. The third-order valence-corrected chi connectivity index (χ3v) is 4.99. The van der Waals surface area contributed by atoms with Gasteiger partial charge in [-0.3, -0.25) is 0 Å². The van der Waals surface area contributed by atoms with E-state index in [-0.39, 0.29) is 25.6 Å². The largest absolute Gasteiger partial charge is 0.489 e. The topological polar surface area (TPSA) is 53.2 Å². The molecule has 1 aliphatic carbocycles. The van der Waals surface area contributed by atoms with Gasteiger partial charge in [0.05, 0.1) is 12.0 Å². The predicted molar refractivity (Wildman–Crippen MR) is 91.9 cm³/mol. The molecule has 3 rings (SSSR count). The highest BCUT2D eigenvalue weighted by Crippen LogP contribution is 2.39. The van der Waals surface area contributed by atoms with Crippen LogP contribution in [0.15, 0.2) is 30.3 Å². The summed E-state index contributed by atoms with van der Waals surface area (Å²) < 4.78 is 44.3. The molecule has 0 aromatic heterocycles. The average Bonchev–Trinajstić information content (AvgIpc) is 2.61. The van der Waals surface area contributed by atoms with Gasteiger partial charge in [0, 0.05) is 12.0 Å². The fourth-order valence-corrected chi connectivity index (χ4v) is 3.53. The van der Waals surface area contributed by atoms with E-state index < -0.39 is 12.1 Å². The van der Waals surface area contributed by atoms with Crippen LogP contribution in [0.25, 0.3) is 10.8 Å². The number of nitrogens with zero attached hydrogens (tertiary/aromatic N) is 1. The third-order valence-electron chi connectivity index (χ3n) is 4.99. The number of benzene rings is 2. The molecule has 0 saturated heterocycles. The molecule has 26 heavy (non-hydrogen) atoms. The van der Waals surface area contributed by atoms with Crippen molar-refractivity contribution in [2.45, 2.75) is 44.4 Å². The van der Waals surface area contributed by atoms with E-state index in [1.807, 2.05) is 24.3 Å². The van der Waals surface area contributed by atoms with Crippen molar-refractivity contribution in [3.8, 4) is 11.8 Å². The number of nitriles is 1. The van der Waals surface area contributed by atoms with Crippen molar-refractivity contribution in [1.29, 1.82) is 5.26 Å². The van der Waals surface area contributed by atoms with Gasteiger partial charge in [-0.05, 0) is 55.2 Å². The molecule has 0 radical (unpaired) electrons. The van der Waals surface area contributed by atoms with Crippen molar-refractivity contribution in [3.63, 3.8) is 0 Å². The minimum absolute atomic E-state index is 0.0199. The molecule has 2 aromatic rings. The lowest BCUT2D eigenvalue weighted by atomic mass is 9.87. The second-order valence-corrected chi connectivity index (χ2v) is 6.71. The van der Waals surface area contributed by atoms with Crippen LogP contribution < -0.4 is 4.74 Å². The van der Waals surface area contributed by atoms with Gasteiger partial charge in [0.25, 0.3) is 0 Å². The molecule has 6 heteroatoms. The Morgan fingerprint density at radius 1 is 1.12 bits per heavy atom. The standard InChI is InChI=1S/C20H20F3NO2/c21-20(22,23)15-4-6-16(7-5-15)26-19-8-3-14-2-1-13(9-10-25)11-17(14)18(19)12-24/h1-3,8,11,15-16,25H,4-7,9-10H2. The SMILES string of the molecule is N#Cc1c(OC2CCC(C(F)(F)F)CC2)ccc2ccc(CCO)cc12. The van der Waals surface area contributed by atoms with Gasteiger partial charge in [0.15, 0.2) is 0 Å². The van der Waals surface area contributed by atoms with Crippen molar-refractivity contribution in [2.75, 3.05) is 6.61 Å². The van der Waals surface area contributed by atoms with Crippen LogP contribution in [0.2, 0.25) is 0 Å². The van der Waals surface area contributed by atoms with E-state index in [1.54, 1.807) is 6.07 Å². The monoisotopic (exact) mass is 363 g/mol. The van der Waals surface area contributed by atoms with Gasteiger partial charge in [-0.15, -0.1) is 0 Å². The number of aliphatic hydroxyl groups is 1. The maximum Gasteiger partial charge on any atom is 0.391 e. The lowest BCUT2D eigenvalue weighted by Crippen LogP contribution is -2.32. The lowest BCUT2D eigenvalue weighted by molar-refractivity contribution is -0.185. The number of aliphatic hydroxyl groups excluding tert-OH is 1. The Kier molecular flexibility index (Phi) is 5.38. The van der Waals surface area contributed by atoms with Gasteiger partial charge in [0.1, 0.15) is 17.4 Å². The smallest absolute Gasteiger partial charge is 0.391 e. The zero-order chi connectivity index (χ0) is 18.7. The fraction of sp³-hybridized carbons (Fsp3) is 0.450. The van der Waals surface area contributed by atoms with Crippen LogP contribution in [0.5, 0.6) is 5.75 Å². The Balaban J connectivity index is 1.81. The second-order valence-electron chi connectivity index (χ2n) is 6.71. The molecule has 0 unspecified atom stereocenters. The summed E-state index contributed by atoms with van der Waals surface area (Å²) in [6.07, 6.45) is -3.18. The van der Waals surface area contributed by atoms with Gasteiger partial charge in [-0.2, -0.15) is 18.4 Å². The summed E-state index contributed by atoms with van der Waals surface area (Å²) in [4.78, 5) is 0. The zero-order valence-electron chi connectivity index (χ0n) is 14.2. The van der Waals surface area contributed by atoms with Crippen LogP contribution in [0.1, 0.15) is 36.8 Å². The lowest BCUT2D eigenvalue weighted by Gasteiger charge is -2.30. The molecule has 0 bridgehead atoms. The Bertz CT molecular complexity index is 818. The van der Waals surface area contributed by atoms with Crippen molar-refractivity contribution in [3.05, 3.63) is 41.5 Å². The third kappa shape index (κ3) is 3.94. The second kappa shape index (κ2) is 7.55. The van der Waals surface area contributed by atoms with Crippen LogP contribution in [0.3, 0.4) is 0 Å². The first-order chi connectivity index (χ1) is 12.4. The van der Waals surface area contributed by atoms with Crippen molar-refractivity contribution < 1.29 is 23.0 Å². The Labute approximate surface area is 150 Å². The number of rotatable bonds is 4. The molecule has 2 aromatic carbocycles. The quantitative estimate of drug-likeness (QED) is 0.853. The predicted octanol–water partition coefficient (Wildman–Crippen LogP) is 4.75. The van der Waals surface area contributed by atoms with Gasteiger partial charge in [-0.1, -0.05) is 18.2 Å². The molecule has 1 fully saturated rings. The highest BCUT2D eigenvalue weighted by molar-refractivity contribution is 5.90. The van der Waals surface area contributed by atoms with Crippen molar-refractivity contribution in [2.24, 2.45) is 5.92 Å². The number of hydrogen-bond acceptors (Lipinski definition) is 3. The molecule has 0 aliphatic heterocycles. The summed E-state index contributed by atoms with van der Waals surface area (Å²) >= 11 is 0. The summed E-state index contributed by atoms with van der Waals surface area (Å²) in [6, 6.07) is 11.4. The highest BCUT2D eigenvalue weighted by Gasteiger charge is 2.41. The summed E-state index contributed by atoms with van der Waals surface area (Å²) in [5.74, 6) is -0.841. The molecule has 3 nitrogen and oxygen atoms in total. The van der Waals surface area contributed by atoms with E-state index in [0.29, 0.717) is 30.6 Å². The maximum atomic E-state index is 12.8. The van der Waals surface area contributed by atoms with Crippen LogP contribution in [0.4, 0.5) is 13.2 Å². The van der Waals surface area contributed by atoms with E-state index >= 15 is 0 Å². The number of alkyl halides is 3. The Morgan fingerprint density at radius 3 is 2.42 bits per heavy atom. The van der Waals surface area contributed by atoms with Crippen LogP contribution in [0, 0.1) is 17.2 Å². The number of fused-ring (bicyclic) bond motifs is 1. The molecule has 0 heterocycles.